The number of hydrogen-bond donors (Lipinski definition) is 1. The fraction of sp³-hybridized carbons (Fsp3) is 0.143. The Hall–Kier alpha value is -2.23. The van der Waals surface area contributed by atoms with Gasteiger partial charge in [0.25, 0.3) is 5.91 Å². The zero-order valence-corrected chi connectivity index (χ0v) is 19.6. The van der Waals surface area contributed by atoms with Gasteiger partial charge in [0, 0.05) is 21.5 Å². The van der Waals surface area contributed by atoms with E-state index in [1.807, 2.05) is 24.4 Å². The maximum absolute atomic E-state index is 13.3. The second-order valence-corrected chi connectivity index (χ2v) is 10.4. The van der Waals surface area contributed by atoms with Crippen LogP contribution < -0.4 is 5.43 Å². The number of nitrogens with zero attached hydrogens (tertiary/aromatic N) is 2. The van der Waals surface area contributed by atoms with Crippen LogP contribution in [0.25, 0.3) is 0 Å². The van der Waals surface area contributed by atoms with Crippen molar-refractivity contribution in [1.29, 1.82) is 0 Å². The average Bonchev–Trinajstić information content (AvgIpc) is 3.23. The van der Waals surface area contributed by atoms with Crippen LogP contribution in [-0.2, 0) is 21.4 Å². The predicted octanol–water partition coefficient (Wildman–Crippen LogP) is 4.70. The first kappa shape index (κ1) is 23.4. The quantitative estimate of drug-likeness (QED) is 0.363. The molecule has 0 fully saturated rings. The highest BCUT2D eigenvalue weighted by atomic mass is 35.5. The van der Waals surface area contributed by atoms with Gasteiger partial charge in [0.1, 0.15) is 0 Å². The molecule has 162 valence electrons. The van der Waals surface area contributed by atoms with Gasteiger partial charge in [0.2, 0.25) is 10.0 Å². The molecule has 0 aliphatic rings. The molecule has 0 saturated heterocycles. The summed E-state index contributed by atoms with van der Waals surface area (Å²) in [6.45, 7) is 1.33. The molecule has 3 aromatic rings. The Labute approximate surface area is 195 Å². The highest BCUT2D eigenvalue weighted by Gasteiger charge is 2.27. The van der Waals surface area contributed by atoms with Gasteiger partial charge >= 0.3 is 0 Å². The minimum atomic E-state index is -3.98. The Kier molecular flexibility index (Phi) is 7.85. The van der Waals surface area contributed by atoms with Gasteiger partial charge in [0.05, 0.1) is 17.7 Å². The van der Waals surface area contributed by atoms with E-state index in [1.165, 1.54) is 35.8 Å². The number of rotatable bonds is 8. The molecule has 10 heteroatoms. The van der Waals surface area contributed by atoms with Gasteiger partial charge in [0.15, 0.2) is 0 Å². The number of sulfonamides is 1. The van der Waals surface area contributed by atoms with E-state index >= 15 is 0 Å². The molecule has 3 rings (SSSR count). The summed E-state index contributed by atoms with van der Waals surface area (Å²) in [5, 5.41) is 6.52. The van der Waals surface area contributed by atoms with Crippen molar-refractivity contribution in [2.75, 3.05) is 6.54 Å². The lowest BCUT2D eigenvalue weighted by Crippen LogP contribution is -2.39. The van der Waals surface area contributed by atoms with E-state index in [-0.39, 0.29) is 11.4 Å². The number of thiophene rings is 1. The molecule has 31 heavy (non-hydrogen) atoms. The smallest absolute Gasteiger partial charge is 0.255 e. The zero-order chi connectivity index (χ0) is 22.4. The summed E-state index contributed by atoms with van der Waals surface area (Å²) in [7, 11) is -3.98. The van der Waals surface area contributed by atoms with E-state index in [4.69, 9.17) is 23.2 Å². The second kappa shape index (κ2) is 10.4. The second-order valence-electron chi connectivity index (χ2n) is 6.63. The van der Waals surface area contributed by atoms with Crippen molar-refractivity contribution in [3.63, 3.8) is 0 Å². The Balaban J connectivity index is 1.84. The van der Waals surface area contributed by atoms with Crippen LogP contribution in [0.2, 0.25) is 10.0 Å². The molecule has 0 unspecified atom stereocenters. The van der Waals surface area contributed by atoms with Gasteiger partial charge in [-0.2, -0.15) is 9.41 Å². The fourth-order valence-electron chi connectivity index (χ4n) is 2.65. The minimum absolute atomic E-state index is 0.0815. The predicted molar refractivity (Wildman–Crippen MR) is 125 cm³/mol. The van der Waals surface area contributed by atoms with E-state index in [9.17, 15) is 13.2 Å². The van der Waals surface area contributed by atoms with Crippen LogP contribution in [-0.4, -0.2) is 31.4 Å². The average molecular weight is 496 g/mol. The molecular formula is C21H19Cl2N3O3S2. The van der Waals surface area contributed by atoms with Crippen molar-refractivity contribution in [3.05, 3.63) is 86.0 Å². The van der Waals surface area contributed by atoms with Crippen LogP contribution in [0.1, 0.15) is 16.0 Å². The SMILES string of the molecule is Cc1ccc(S(=O)(=O)N(CC(=O)N/N=C\c2cccs2)Cc2ccc(Cl)cc2Cl)cc1. The Morgan fingerprint density at radius 3 is 2.55 bits per heavy atom. The molecule has 0 spiro atoms. The first-order chi connectivity index (χ1) is 14.8. The molecule has 0 bridgehead atoms. The molecule has 1 heterocycles. The fourth-order valence-corrected chi connectivity index (χ4v) is 5.08. The third-order valence-corrected chi connectivity index (χ3v) is 7.46. The number of carbonyl (C=O) groups excluding carboxylic acids is 1. The van der Waals surface area contributed by atoms with E-state index in [0.29, 0.717) is 15.6 Å². The Bertz CT molecular complexity index is 1180. The number of hydrogen-bond acceptors (Lipinski definition) is 5. The summed E-state index contributed by atoms with van der Waals surface area (Å²) >= 11 is 13.6. The van der Waals surface area contributed by atoms with E-state index in [0.717, 1.165) is 14.7 Å². The molecule has 0 atom stereocenters. The van der Waals surface area contributed by atoms with Crippen LogP contribution in [0.15, 0.2) is 70.0 Å². The van der Waals surface area contributed by atoms with Crippen molar-refractivity contribution in [2.45, 2.75) is 18.4 Å². The number of aryl methyl sites for hydroxylation is 1. The van der Waals surface area contributed by atoms with Crippen LogP contribution in [0, 0.1) is 6.92 Å². The first-order valence-corrected chi connectivity index (χ1v) is 12.2. The van der Waals surface area contributed by atoms with Gasteiger partial charge in [-0.1, -0.05) is 53.0 Å². The van der Waals surface area contributed by atoms with Crippen LogP contribution in [0.5, 0.6) is 0 Å². The standard InChI is InChI=1S/C21H19Cl2N3O3S2/c1-15-4-8-19(9-5-15)31(28,29)26(13-16-6-7-17(22)11-20(16)23)14-21(27)25-24-12-18-3-2-10-30-18/h2-12H,13-14H2,1H3,(H,25,27)/b24-12-. The van der Waals surface area contributed by atoms with E-state index in [2.05, 4.69) is 10.5 Å². The van der Waals surface area contributed by atoms with Crippen molar-refractivity contribution in [2.24, 2.45) is 5.10 Å². The van der Waals surface area contributed by atoms with Gasteiger partial charge < -0.3 is 0 Å². The lowest BCUT2D eigenvalue weighted by Gasteiger charge is -2.22. The number of benzene rings is 2. The lowest BCUT2D eigenvalue weighted by atomic mass is 10.2. The summed E-state index contributed by atoms with van der Waals surface area (Å²) in [5.41, 5.74) is 3.82. The molecule has 1 amide bonds. The molecule has 2 aromatic carbocycles. The number of nitrogens with one attached hydrogen (secondary N) is 1. The highest BCUT2D eigenvalue weighted by molar-refractivity contribution is 7.89. The monoisotopic (exact) mass is 495 g/mol. The molecule has 0 aliphatic heterocycles. The van der Waals surface area contributed by atoms with Gasteiger partial charge in [-0.15, -0.1) is 11.3 Å². The van der Waals surface area contributed by atoms with Crippen LogP contribution in [0.3, 0.4) is 0 Å². The van der Waals surface area contributed by atoms with Gasteiger partial charge in [-0.05, 0) is 48.2 Å². The van der Waals surface area contributed by atoms with Crippen molar-refractivity contribution >= 4 is 56.7 Å². The van der Waals surface area contributed by atoms with Crippen molar-refractivity contribution in [1.82, 2.24) is 9.73 Å². The summed E-state index contributed by atoms with van der Waals surface area (Å²) in [6, 6.07) is 14.9. The maximum atomic E-state index is 13.3. The zero-order valence-electron chi connectivity index (χ0n) is 16.5. The normalized spacial score (nSPS) is 11.9. The largest absolute Gasteiger partial charge is 0.272 e. The summed E-state index contributed by atoms with van der Waals surface area (Å²) in [4.78, 5) is 13.4. The molecule has 0 aliphatic carbocycles. The maximum Gasteiger partial charge on any atom is 0.255 e. The molecular weight excluding hydrogens is 477 g/mol. The Morgan fingerprint density at radius 1 is 1.16 bits per heavy atom. The number of hydrazone groups is 1. The summed E-state index contributed by atoms with van der Waals surface area (Å²) in [6.07, 6.45) is 1.50. The van der Waals surface area contributed by atoms with E-state index < -0.39 is 22.5 Å². The summed E-state index contributed by atoms with van der Waals surface area (Å²) < 4.78 is 27.6. The topological polar surface area (TPSA) is 78.8 Å². The van der Waals surface area contributed by atoms with Crippen molar-refractivity contribution < 1.29 is 13.2 Å². The number of amides is 1. The molecule has 1 N–H and O–H groups in total. The van der Waals surface area contributed by atoms with E-state index in [1.54, 1.807) is 24.3 Å². The number of halogens is 2. The molecule has 6 nitrogen and oxygen atoms in total. The Morgan fingerprint density at radius 2 is 1.90 bits per heavy atom. The molecule has 1 aromatic heterocycles. The molecule has 0 saturated carbocycles. The minimum Gasteiger partial charge on any atom is -0.272 e. The third kappa shape index (κ3) is 6.38. The lowest BCUT2D eigenvalue weighted by molar-refractivity contribution is -0.121. The molecule has 0 radical (unpaired) electrons. The highest BCUT2D eigenvalue weighted by Crippen LogP contribution is 2.25. The van der Waals surface area contributed by atoms with Crippen molar-refractivity contribution in [3.8, 4) is 0 Å². The van der Waals surface area contributed by atoms with Crippen LogP contribution in [0.4, 0.5) is 0 Å². The number of carbonyl (C=O) groups is 1. The summed E-state index contributed by atoms with van der Waals surface area (Å²) in [5.74, 6) is -0.575. The first-order valence-electron chi connectivity index (χ1n) is 9.12. The van der Waals surface area contributed by atoms with Gasteiger partial charge in [-0.3, -0.25) is 4.79 Å². The van der Waals surface area contributed by atoms with Gasteiger partial charge in [-0.25, -0.2) is 13.8 Å². The van der Waals surface area contributed by atoms with Crippen LogP contribution >= 0.6 is 34.5 Å². The third-order valence-electron chi connectivity index (χ3n) is 4.26.